The number of hydrogen-bond acceptors (Lipinski definition) is 4. The molecule has 0 radical (unpaired) electrons. The van der Waals surface area contributed by atoms with Crippen molar-refractivity contribution in [3.63, 3.8) is 0 Å². The van der Waals surface area contributed by atoms with Gasteiger partial charge in [0.1, 0.15) is 16.8 Å². The third-order valence-electron chi connectivity index (χ3n) is 5.89. The minimum Gasteiger partial charge on any atom is -0.278 e. The molecule has 0 saturated heterocycles. The van der Waals surface area contributed by atoms with Crippen LogP contribution in [0, 0.1) is 5.82 Å². The molecule has 0 bridgehead atoms. The average Bonchev–Trinajstić information content (AvgIpc) is 3.42. The number of aliphatic imine (C=N–C) groups is 1. The van der Waals surface area contributed by atoms with E-state index in [0.29, 0.717) is 49.0 Å². The van der Waals surface area contributed by atoms with Crippen molar-refractivity contribution in [3.05, 3.63) is 79.0 Å². The summed E-state index contributed by atoms with van der Waals surface area (Å²) in [5.74, 6) is -0.0406. The molecule has 10 heteroatoms. The molecule has 3 aromatic rings. The summed E-state index contributed by atoms with van der Waals surface area (Å²) in [6.07, 6.45) is 8.05. The first-order valence-electron chi connectivity index (χ1n) is 11.4. The van der Waals surface area contributed by atoms with Crippen molar-refractivity contribution >= 4 is 34.2 Å². The maximum atomic E-state index is 13.4. The van der Waals surface area contributed by atoms with E-state index in [0.717, 1.165) is 30.4 Å². The average molecular weight is 506 g/mol. The van der Waals surface area contributed by atoms with Gasteiger partial charge in [0, 0.05) is 25.7 Å². The van der Waals surface area contributed by atoms with Gasteiger partial charge in [0.15, 0.2) is 0 Å². The first-order valence-corrected chi connectivity index (χ1v) is 12.2. The van der Waals surface area contributed by atoms with Crippen LogP contribution < -0.4 is 11.2 Å². The van der Waals surface area contributed by atoms with Crippen LogP contribution >= 0.6 is 23.2 Å². The first kappa shape index (κ1) is 24.4. The Morgan fingerprint density at radius 3 is 2.62 bits per heavy atom. The van der Waals surface area contributed by atoms with Crippen LogP contribution in [0.25, 0.3) is 0 Å². The Hall–Kier alpha value is -2.71. The molecule has 2 aromatic heterocycles. The van der Waals surface area contributed by atoms with Gasteiger partial charge in [0.25, 0.3) is 5.56 Å². The van der Waals surface area contributed by atoms with E-state index in [2.05, 4.69) is 17.0 Å². The summed E-state index contributed by atoms with van der Waals surface area (Å²) in [5, 5.41) is 4.77. The standard InChI is InChI=1S/C24H26Cl2FN5O2/c1-2-3-4-9-31-22-18(12-21(26)29-22)23(33)32(24(31)34)10-5-6-17-13-28-30(15-17)14-16-7-8-20(27)19(25)11-16/h7-8,11,13,15H,2-6,9-10,12,14H2,1H3. The molecular weight excluding hydrogens is 480 g/mol. The molecule has 34 heavy (non-hydrogen) atoms. The molecule has 4 rings (SSSR count). The number of fused-ring (bicyclic) bond motifs is 1. The Labute approximate surface area is 206 Å². The zero-order valence-corrected chi connectivity index (χ0v) is 20.4. The van der Waals surface area contributed by atoms with Crippen LogP contribution in [0.15, 0.2) is 45.2 Å². The van der Waals surface area contributed by atoms with Crippen LogP contribution in [0.5, 0.6) is 0 Å². The van der Waals surface area contributed by atoms with E-state index < -0.39 is 5.82 Å². The van der Waals surface area contributed by atoms with E-state index >= 15 is 0 Å². The lowest BCUT2D eigenvalue weighted by atomic mass is 10.2. The smallest absolute Gasteiger partial charge is 0.278 e. The highest BCUT2D eigenvalue weighted by Crippen LogP contribution is 2.24. The summed E-state index contributed by atoms with van der Waals surface area (Å²) in [6.45, 7) is 3.38. The highest BCUT2D eigenvalue weighted by atomic mass is 35.5. The molecule has 0 fully saturated rings. The van der Waals surface area contributed by atoms with Crippen molar-refractivity contribution in [3.8, 4) is 0 Å². The summed E-state index contributed by atoms with van der Waals surface area (Å²) in [4.78, 5) is 30.3. The van der Waals surface area contributed by atoms with Gasteiger partial charge in [-0.2, -0.15) is 5.10 Å². The minimum absolute atomic E-state index is 0.0803. The van der Waals surface area contributed by atoms with Crippen molar-refractivity contribution in [2.75, 3.05) is 0 Å². The summed E-state index contributed by atoms with van der Waals surface area (Å²) >= 11 is 12.0. The van der Waals surface area contributed by atoms with Crippen molar-refractivity contribution in [2.45, 2.75) is 65.1 Å². The molecule has 0 aliphatic carbocycles. The number of aryl methyl sites for hydroxylation is 1. The lowest BCUT2D eigenvalue weighted by Crippen LogP contribution is -2.41. The van der Waals surface area contributed by atoms with E-state index in [9.17, 15) is 14.0 Å². The molecular formula is C24H26Cl2FN5O2. The number of benzene rings is 1. The van der Waals surface area contributed by atoms with Crippen molar-refractivity contribution < 1.29 is 4.39 Å². The van der Waals surface area contributed by atoms with Crippen LogP contribution in [-0.4, -0.2) is 24.1 Å². The van der Waals surface area contributed by atoms with Crippen LogP contribution in [0.4, 0.5) is 10.2 Å². The molecule has 3 heterocycles. The van der Waals surface area contributed by atoms with E-state index in [1.807, 2.05) is 6.20 Å². The fourth-order valence-corrected chi connectivity index (χ4v) is 4.55. The van der Waals surface area contributed by atoms with Crippen LogP contribution in [0.2, 0.25) is 5.02 Å². The number of rotatable bonds is 10. The number of nitrogens with zero attached hydrogens (tertiary/aromatic N) is 5. The Kier molecular flexibility index (Phi) is 7.68. The van der Waals surface area contributed by atoms with Gasteiger partial charge in [-0.3, -0.25) is 18.6 Å². The number of aromatic nitrogens is 4. The molecule has 0 amide bonds. The maximum Gasteiger partial charge on any atom is 0.332 e. The molecule has 0 saturated carbocycles. The molecule has 1 aliphatic rings. The molecule has 0 spiro atoms. The zero-order valence-electron chi connectivity index (χ0n) is 18.9. The highest BCUT2D eigenvalue weighted by Gasteiger charge is 2.24. The second kappa shape index (κ2) is 10.7. The zero-order chi connectivity index (χ0) is 24.2. The van der Waals surface area contributed by atoms with Crippen molar-refractivity contribution in [1.82, 2.24) is 18.9 Å². The summed E-state index contributed by atoms with van der Waals surface area (Å²) in [7, 11) is 0. The second-order valence-electron chi connectivity index (χ2n) is 8.46. The van der Waals surface area contributed by atoms with Gasteiger partial charge >= 0.3 is 5.69 Å². The van der Waals surface area contributed by atoms with E-state index in [1.54, 1.807) is 27.6 Å². The van der Waals surface area contributed by atoms with Crippen LogP contribution in [0.1, 0.15) is 49.3 Å². The highest BCUT2D eigenvalue weighted by molar-refractivity contribution is 6.66. The topological polar surface area (TPSA) is 74.2 Å². The second-order valence-corrected chi connectivity index (χ2v) is 9.31. The molecule has 0 atom stereocenters. The quantitative estimate of drug-likeness (QED) is 0.375. The summed E-state index contributed by atoms with van der Waals surface area (Å²) in [6, 6.07) is 4.59. The number of unbranched alkanes of at least 4 members (excludes halogenated alkanes) is 2. The monoisotopic (exact) mass is 505 g/mol. The largest absolute Gasteiger partial charge is 0.332 e. The third-order valence-corrected chi connectivity index (χ3v) is 6.40. The van der Waals surface area contributed by atoms with Crippen LogP contribution in [0.3, 0.4) is 0 Å². The molecule has 0 N–H and O–H groups in total. The SMILES string of the molecule is CCCCCn1c2c(c(=O)n(CCCc3cnn(Cc4ccc(F)c(Cl)c4)c3)c1=O)CC(Cl)=N2. The maximum absolute atomic E-state index is 13.4. The predicted octanol–water partition coefficient (Wildman–Crippen LogP) is 4.70. The van der Waals surface area contributed by atoms with Gasteiger partial charge < -0.3 is 0 Å². The van der Waals surface area contributed by atoms with Crippen molar-refractivity contribution in [2.24, 2.45) is 4.99 Å². The van der Waals surface area contributed by atoms with Gasteiger partial charge in [-0.1, -0.05) is 49.0 Å². The molecule has 7 nitrogen and oxygen atoms in total. The Morgan fingerprint density at radius 1 is 1.06 bits per heavy atom. The fraction of sp³-hybridized carbons (Fsp3) is 0.417. The van der Waals surface area contributed by atoms with Crippen molar-refractivity contribution in [1.29, 1.82) is 0 Å². The number of halogens is 3. The van der Waals surface area contributed by atoms with Gasteiger partial charge in [-0.05, 0) is 42.5 Å². The summed E-state index contributed by atoms with van der Waals surface area (Å²) < 4.78 is 18.0. The first-order chi connectivity index (χ1) is 16.4. The van der Waals surface area contributed by atoms with Gasteiger partial charge in [0.05, 0.1) is 23.3 Å². The van der Waals surface area contributed by atoms with E-state index in [1.165, 1.54) is 10.6 Å². The van der Waals surface area contributed by atoms with E-state index in [-0.39, 0.29) is 22.7 Å². The summed E-state index contributed by atoms with van der Waals surface area (Å²) in [5.41, 5.74) is 1.67. The van der Waals surface area contributed by atoms with Gasteiger partial charge in [-0.25, -0.2) is 14.2 Å². The minimum atomic E-state index is -0.452. The Bertz CT molecular complexity index is 1340. The normalized spacial score (nSPS) is 12.8. The lowest BCUT2D eigenvalue weighted by Gasteiger charge is -2.14. The number of hydrogen-bond donors (Lipinski definition) is 0. The molecule has 0 unspecified atom stereocenters. The Morgan fingerprint density at radius 2 is 1.85 bits per heavy atom. The Balaban J connectivity index is 1.45. The van der Waals surface area contributed by atoms with Gasteiger partial charge in [-0.15, -0.1) is 0 Å². The van der Waals surface area contributed by atoms with E-state index in [4.69, 9.17) is 23.2 Å². The predicted molar refractivity (Wildman–Crippen MR) is 132 cm³/mol. The third kappa shape index (κ3) is 5.33. The molecule has 1 aliphatic heterocycles. The van der Waals surface area contributed by atoms with Gasteiger partial charge in [0.2, 0.25) is 0 Å². The van der Waals surface area contributed by atoms with Crippen LogP contribution in [-0.2, 0) is 32.5 Å². The lowest BCUT2D eigenvalue weighted by molar-refractivity contribution is 0.513. The fourth-order valence-electron chi connectivity index (χ4n) is 4.13. The molecule has 1 aromatic carbocycles. The molecule has 180 valence electrons.